The number of nitrogens with zero attached hydrogens (tertiary/aromatic N) is 2. The molecule has 0 aliphatic carbocycles. The number of fused-ring (bicyclic) bond motifs is 1. The summed E-state index contributed by atoms with van der Waals surface area (Å²) < 4.78 is 5.37. The van der Waals surface area contributed by atoms with E-state index >= 15 is 0 Å². The zero-order valence-electron chi connectivity index (χ0n) is 8.29. The fraction of sp³-hybridized carbons (Fsp3) is 0.600. The zero-order valence-corrected chi connectivity index (χ0v) is 8.29. The van der Waals surface area contributed by atoms with Gasteiger partial charge in [0.25, 0.3) is 0 Å². The first-order valence-electron chi connectivity index (χ1n) is 4.50. The Balaban J connectivity index is 2.54. The average Bonchev–Trinajstić information content (AvgIpc) is 2.48. The molecule has 70 valence electrons. The summed E-state index contributed by atoms with van der Waals surface area (Å²) in [6, 6.07) is 0. The van der Waals surface area contributed by atoms with E-state index in [0.717, 1.165) is 5.69 Å². The molecule has 0 bridgehead atoms. The van der Waals surface area contributed by atoms with Gasteiger partial charge >= 0.3 is 0 Å². The standard InChI is InChI=1S/C10H14N2O/c1-10(2,3)9-8-6-13-5-7(8)4-11-12-9/h4H,5-6H2,1-3H3. The second kappa shape index (κ2) is 2.77. The Bertz CT molecular complexity index is 328. The van der Waals surface area contributed by atoms with Gasteiger partial charge in [-0.2, -0.15) is 10.2 Å². The van der Waals surface area contributed by atoms with Gasteiger partial charge in [-0.25, -0.2) is 0 Å². The Kier molecular flexibility index (Phi) is 1.84. The van der Waals surface area contributed by atoms with Gasteiger partial charge in [0.15, 0.2) is 0 Å². The summed E-state index contributed by atoms with van der Waals surface area (Å²) in [4.78, 5) is 0. The van der Waals surface area contributed by atoms with E-state index in [1.807, 2.05) is 0 Å². The molecule has 2 heterocycles. The second-order valence-electron chi connectivity index (χ2n) is 4.44. The molecule has 1 aliphatic rings. The number of hydrogen-bond donors (Lipinski definition) is 0. The third-order valence-electron chi connectivity index (χ3n) is 2.26. The fourth-order valence-electron chi connectivity index (χ4n) is 1.60. The summed E-state index contributed by atoms with van der Waals surface area (Å²) >= 11 is 0. The first-order valence-corrected chi connectivity index (χ1v) is 4.50. The Labute approximate surface area is 78.1 Å². The molecule has 0 spiro atoms. The first-order chi connectivity index (χ1) is 6.09. The molecule has 3 nitrogen and oxygen atoms in total. The van der Waals surface area contributed by atoms with Crippen LogP contribution in [0, 0.1) is 0 Å². The van der Waals surface area contributed by atoms with Crippen molar-refractivity contribution in [1.29, 1.82) is 0 Å². The van der Waals surface area contributed by atoms with Crippen LogP contribution in [-0.2, 0) is 23.4 Å². The highest BCUT2D eigenvalue weighted by atomic mass is 16.5. The molecule has 13 heavy (non-hydrogen) atoms. The lowest BCUT2D eigenvalue weighted by atomic mass is 9.88. The first kappa shape index (κ1) is 8.63. The summed E-state index contributed by atoms with van der Waals surface area (Å²) in [5.41, 5.74) is 3.57. The van der Waals surface area contributed by atoms with Crippen molar-refractivity contribution in [2.75, 3.05) is 0 Å². The molecule has 1 aromatic heterocycles. The molecule has 2 rings (SSSR count). The van der Waals surface area contributed by atoms with Gasteiger partial charge in [-0.05, 0) is 0 Å². The Hall–Kier alpha value is -0.960. The Morgan fingerprint density at radius 3 is 2.77 bits per heavy atom. The molecule has 0 N–H and O–H groups in total. The normalized spacial score (nSPS) is 15.9. The summed E-state index contributed by atoms with van der Waals surface area (Å²) in [5.74, 6) is 0. The van der Waals surface area contributed by atoms with Crippen molar-refractivity contribution in [2.45, 2.75) is 39.4 Å². The van der Waals surface area contributed by atoms with Gasteiger partial charge in [-0.15, -0.1) is 0 Å². The van der Waals surface area contributed by atoms with E-state index < -0.39 is 0 Å². The van der Waals surface area contributed by atoms with Crippen molar-refractivity contribution in [3.8, 4) is 0 Å². The Morgan fingerprint density at radius 1 is 1.31 bits per heavy atom. The molecule has 0 aromatic carbocycles. The number of aromatic nitrogens is 2. The third-order valence-corrected chi connectivity index (χ3v) is 2.26. The molecule has 0 fully saturated rings. The fourth-order valence-corrected chi connectivity index (χ4v) is 1.60. The molecule has 0 saturated heterocycles. The van der Waals surface area contributed by atoms with Gasteiger partial charge in [0.05, 0.1) is 25.1 Å². The molecule has 0 atom stereocenters. The van der Waals surface area contributed by atoms with Crippen molar-refractivity contribution in [3.05, 3.63) is 23.0 Å². The zero-order chi connectivity index (χ0) is 9.47. The van der Waals surface area contributed by atoms with Gasteiger partial charge < -0.3 is 4.74 Å². The highest BCUT2D eigenvalue weighted by Crippen LogP contribution is 2.29. The molecule has 0 radical (unpaired) electrons. The van der Waals surface area contributed by atoms with Crippen molar-refractivity contribution in [1.82, 2.24) is 10.2 Å². The van der Waals surface area contributed by atoms with Crippen molar-refractivity contribution in [3.63, 3.8) is 0 Å². The molecule has 1 aliphatic heterocycles. The Morgan fingerprint density at radius 2 is 2.08 bits per heavy atom. The number of hydrogen-bond acceptors (Lipinski definition) is 3. The maximum Gasteiger partial charge on any atom is 0.0744 e. The van der Waals surface area contributed by atoms with E-state index in [9.17, 15) is 0 Å². The quantitative estimate of drug-likeness (QED) is 0.607. The van der Waals surface area contributed by atoms with Crippen molar-refractivity contribution >= 4 is 0 Å². The van der Waals surface area contributed by atoms with Crippen molar-refractivity contribution < 1.29 is 4.74 Å². The molecular formula is C10H14N2O. The van der Waals surface area contributed by atoms with Crippen LogP contribution in [0.2, 0.25) is 0 Å². The predicted molar refractivity (Wildman–Crippen MR) is 49.2 cm³/mol. The predicted octanol–water partition coefficient (Wildman–Crippen LogP) is 1.80. The van der Waals surface area contributed by atoms with Crippen LogP contribution in [0.15, 0.2) is 6.20 Å². The van der Waals surface area contributed by atoms with Gasteiger partial charge in [-0.3, -0.25) is 0 Å². The van der Waals surface area contributed by atoms with E-state index in [4.69, 9.17) is 4.74 Å². The molecule has 1 aromatic rings. The lowest BCUT2D eigenvalue weighted by Gasteiger charge is -2.19. The van der Waals surface area contributed by atoms with Crippen LogP contribution in [0.25, 0.3) is 0 Å². The van der Waals surface area contributed by atoms with Gasteiger partial charge in [0.1, 0.15) is 0 Å². The van der Waals surface area contributed by atoms with Crippen LogP contribution in [0.1, 0.15) is 37.6 Å². The van der Waals surface area contributed by atoms with Gasteiger partial charge in [-0.1, -0.05) is 20.8 Å². The highest BCUT2D eigenvalue weighted by molar-refractivity contribution is 5.32. The number of rotatable bonds is 0. The van der Waals surface area contributed by atoms with Gasteiger partial charge in [0.2, 0.25) is 0 Å². The van der Waals surface area contributed by atoms with Gasteiger partial charge in [0, 0.05) is 16.5 Å². The van der Waals surface area contributed by atoms with Crippen molar-refractivity contribution in [2.24, 2.45) is 0 Å². The van der Waals surface area contributed by atoms with Crippen LogP contribution in [-0.4, -0.2) is 10.2 Å². The molecule has 0 unspecified atom stereocenters. The maximum absolute atomic E-state index is 5.37. The van der Waals surface area contributed by atoms with Crippen LogP contribution < -0.4 is 0 Å². The van der Waals surface area contributed by atoms with E-state index in [-0.39, 0.29) is 5.41 Å². The second-order valence-corrected chi connectivity index (χ2v) is 4.44. The summed E-state index contributed by atoms with van der Waals surface area (Å²) in [6.07, 6.45) is 1.80. The third kappa shape index (κ3) is 1.44. The SMILES string of the molecule is CC(C)(C)c1nncc2c1COC2. The number of ether oxygens (including phenoxy) is 1. The van der Waals surface area contributed by atoms with Crippen LogP contribution >= 0.6 is 0 Å². The largest absolute Gasteiger partial charge is 0.372 e. The monoisotopic (exact) mass is 178 g/mol. The average molecular weight is 178 g/mol. The molecule has 0 saturated carbocycles. The lowest BCUT2D eigenvalue weighted by molar-refractivity contribution is 0.133. The highest BCUT2D eigenvalue weighted by Gasteiger charge is 2.25. The minimum absolute atomic E-state index is 0.0616. The summed E-state index contributed by atoms with van der Waals surface area (Å²) in [7, 11) is 0. The van der Waals surface area contributed by atoms with Crippen LogP contribution in [0.3, 0.4) is 0 Å². The summed E-state index contributed by atoms with van der Waals surface area (Å²) in [6.45, 7) is 7.83. The van der Waals surface area contributed by atoms with Crippen LogP contribution in [0.4, 0.5) is 0 Å². The van der Waals surface area contributed by atoms with E-state index in [1.165, 1.54) is 11.1 Å². The smallest absolute Gasteiger partial charge is 0.0744 e. The molecule has 0 amide bonds. The molecule has 3 heteroatoms. The lowest BCUT2D eigenvalue weighted by Crippen LogP contribution is -2.17. The maximum atomic E-state index is 5.37. The molecular weight excluding hydrogens is 164 g/mol. The minimum Gasteiger partial charge on any atom is -0.372 e. The van der Waals surface area contributed by atoms with E-state index in [1.54, 1.807) is 6.20 Å². The van der Waals surface area contributed by atoms with E-state index in [0.29, 0.717) is 13.2 Å². The minimum atomic E-state index is 0.0616. The topological polar surface area (TPSA) is 35.0 Å². The van der Waals surface area contributed by atoms with Crippen LogP contribution in [0.5, 0.6) is 0 Å². The summed E-state index contributed by atoms with van der Waals surface area (Å²) in [5, 5.41) is 8.18. The van der Waals surface area contributed by atoms with E-state index in [2.05, 4.69) is 31.0 Å².